The minimum absolute atomic E-state index is 0.391. The zero-order valence-corrected chi connectivity index (χ0v) is 17.1. The molecular weight excluding hydrogens is 304 g/mol. The molecule has 0 spiro atoms. The van der Waals surface area contributed by atoms with E-state index in [0.717, 1.165) is 47.8 Å². The maximum absolute atomic E-state index is 9.07. The van der Waals surface area contributed by atoms with Crippen LogP contribution in [-0.4, -0.2) is 11.7 Å². The topological polar surface area (TPSA) is 20.2 Å². The summed E-state index contributed by atoms with van der Waals surface area (Å²) < 4.78 is 0. The third-order valence-electron chi connectivity index (χ3n) is 8.60. The summed E-state index contributed by atoms with van der Waals surface area (Å²) in [5.41, 5.74) is 0. The van der Waals surface area contributed by atoms with Crippen molar-refractivity contribution in [3.05, 3.63) is 0 Å². The lowest BCUT2D eigenvalue weighted by Gasteiger charge is -2.45. The Hall–Kier alpha value is -0.0400. The van der Waals surface area contributed by atoms with Gasteiger partial charge in [-0.05, 0) is 99.2 Å². The highest BCUT2D eigenvalue weighted by atomic mass is 16.2. The fourth-order valence-electron chi connectivity index (χ4n) is 6.88. The van der Waals surface area contributed by atoms with Crippen LogP contribution in [0.15, 0.2) is 0 Å². The van der Waals surface area contributed by atoms with E-state index in [1.54, 1.807) is 19.3 Å². The molecule has 1 nitrogen and oxygen atoms in total. The van der Waals surface area contributed by atoms with Gasteiger partial charge in [-0.2, -0.15) is 0 Å². The van der Waals surface area contributed by atoms with Crippen LogP contribution < -0.4 is 0 Å². The molecule has 1 N–H and O–H groups in total. The molecule has 0 aliphatic heterocycles. The zero-order chi connectivity index (χ0) is 17.6. The van der Waals surface area contributed by atoms with Gasteiger partial charge in [0.05, 0.1) is 0 Å². The molecule has 25 heavy (non-hydrogen) atoms. The zero-order valence-electron chi connectivity index (χ0n) is 17.1. The van der Waals surface area contributed by atoms with E-state index in [4.69, 9.17) is 5.11 Å². The first-order valence-electron chi connectivity index (χ1n) is 11.8. The second-order valence-electron chi connectivity index (χ2n) is 10.1. The molecule has 0 radical (unpaired) electrons. The van der Waals surface area contributed by atoms with Crippen molar-refractivity contribution in [3.8, 4) is 0 Å². The smallest absolute Gasteiger partial charge is 0.0431 e. The van der Waals surface area contributed by atoms with E-state index in [2.05, 4.69) is 13.8 Å². The Kier molecular flexibility index (Phi) is 7.70. The van der Waals surface area contributed by atoms with Gasteiger partial charge in [0.1, 0.15) is 0 Å². The van der Waals surface area contributed by atoms with E-state index < -0.39 is 0 Å². The third-order valence-corrected chi connectivity index (χ3v) is 8.60. The quantitative estimate of drug-likeness (QED) is 0.557. The van der Waals surface area contributed by atoms with Crippen molar-refractivity contribution in [2.75, 3.05) is 6.61 Å². The normalized spacial score (nSPS) is 43.1. The summed E-state index contributed by atoms with van der Waals surface area (Å²) in [4.78, 5) is 0. The Morgan fingerprint density at radius 1 is 0.760 bits per heavy atom. The molecule has 0 heterocycles. The molecule has 146 valence electrons. The molecule has 0 aromatic heterocycles. The number of hydrogen-bond acceptors (Lipinski definition) is 1. The molecule has 0 aromatic rings. The van der Waals surface area contributed by atoms with Gasteiger partial charge in [0.15, 0.2) is 0 Å². The molecule has 3 rings (SSSR count). The van der Waals surface area contributed by atoms with Crippen molar-refractivity contribution in [2.45, 2.75) is 104 Å². The van der Waals surface area contributed by atoms with Crippen LogP contribution in [0.5, 0.6) is 0 Å². The van der Waals surface area contributed by atoms with Crippen LogP contribution in [0, 0.1) is 41.4 Å². The summed E-state index contributed by atoms with van der Waals surface area (Å²) >= 11 is 0. The SMILES string of the molecule is CCC1CC(C2CCC(C)CC2)CCC1C1CCC(CCCO)CC1. The molecule has 3 aliphatic carbocycles. The second-order valence-corrected chi connectivity index (χ2v) is 10.1. The highest BCUT2D eigenvalue weighted by molar-refractivity contribution is 4.89. The molecule has 3 fully saturated rings. The summed E-state index contributed by atoms with van der Waals surface area (Å²) in [5, 5.41) is 9.07. The van der Waals surface area contributed by atoms with Crippen LogP contribution in [0.3, 0.4) is 0 Å². The predicted molar refractivity (Wildman–Crippen MR) is 108 cm³/mol. The summed E-state index contributed by atoms with van der Waals surface area (Å²) in [6.45, 7) is 5.32. The van der Waals surface area contributed by atoms with Gasteiger partial charge in [0.25, 0.3) is 0 Å². The van der Waals surface area contributed by atoms with Crippen LogP contribution >= 0.6 is 0 Å². The van der Waals surface area contributed by atoms with Gasteiger partial charge in [-0.15, -0.1) is 0 Å². The van der Waals surface area contributed by atoms with Crippen molar-refractivity contribution < 1.29 is 5.11 Å². The first-order chi connectivity index (χ1) is 12.2. The lowest BCUT2D eigenvalue weighted by Crippen LogP contribution is -2.35. The average Bonchev–Trinajstić information content (AvgIpc) is 2.67. The summed E-state index contributed by atoms with van der Waals surface area (Å²) in [7, 11) is 0. The van der Waals surface area contributed by atoms with Gasteiger partial charge in [-0.3, -0.25) is 0 Å². The highest BCUT2D eigenvalue weighted by Gasteiger charge is 2.38. The lowest BCUT2D eigenvalue weighted by molar-refractivity contribution is 0.0532. The van der Waals surface area contributed by atoms with Gasteiger partial charge in [0, 0.05) is 6.61 Å². The molecule has 3 unspecified atom stereocenters. The van der Waals surface area contributed by atoms with Gasteiger partial charge in [-0.25, -0.2) is 0 Å². The lowest BCUT2D eigenvalue weighted by atomic mass is 9.60. The number of hydrogen-bond donors (Lipinski definition) is 1. The van der Waals surface area contributed by atoms with Crippen LogP contribution in [0.1, 0.15) is 104 Å². The molecule has 0 bridgehead atoms. The molecule has 0 amide bonds. The maximum atomic E-state index is 9.07. The van der Waals surface area contributed by atoms with Crippen molar-refractivity contribution in [1.82, 2.24) is 0 Å². The van der Waals surface area contributed by atoms with Crippen LogP contribution in [0.2, 0.25) is 0 Å². The maximum Gasteiger partial charge on any atom is 0.0431 e. The van der Waals surface area contributed by atoms with Gasteiger partial charge in [-0.1, -0.05) is 46.0 Å². The van der Waals surface area contributed by atoms with Crippen molar-refractivity contribution in [3.63, 3.8) is 0 Å². The molecule has 3 saturated carbocycles. The van der Waals surface area contributed by atoms with E-state index in [9.17, 15) is 0 Å². The van der Waals surface area contributed by atoms with E-state index >= 15 is 0 Å². The molecular formula is C24H44O. The summed E-state index contributed by atoms with van der Waals surface area (Å²) in [6, 6.07) is 0. The largest absolute Gasteiger partial charge is 0.396 e. The predicted octanol–water partition coefficient (Wildman–Crippen LogP) is 6.83. The number of aliphatic hydroxyl groups is 1. The minimum atomic E-state index is 0.391. The minimum Gasteiger partial charge on any atom is -0.396 e. The fourth-order valence-corrected chi connectivity index (χ4v) is 6.88. The van der Waals surface area contributed by atoms with E-state index in [-0.39, 0.29) is 0 Å². The van der Waals surface area contributed by atoms with E-state index in [1.807, 2.05) is 0 Å². The Bertz CT molecular complexity index is 362. The van der Waals surface area contributed by atoms with Crippen LogP contribution in [0.4, 0.5) is 0 Å². The Labute approximate surface area is 157 Å². The van der Waals surface area contributed by atoms with Crippen molar-refractivity contribution >= 4 is 0 Å². The first-order valence-corrected chi connectivity index (χ1v) is 11.8. The third kappa shape index (κ3) is 5.24. The fraction of sp³-hybridized carbons (Fsp3) is 1.00. The van der Waals surface area contributed by atoms with Crippen LogP contribution in [0.25, 0.3) is 0 Å². The molecule has 0 aromatic carbocycles. The molecule has 0 saturated heterocycles. The molecule has 1 heteroatoms. The van der Waals surface area contributed by atoms with Gasteiger partial charge < -0.3 is 5.11 Å². The van der Waals surface area contributed by atoms with Crippen molar-refractivity contribution in [2.24, 2.45) is 41.4 Å². The standard InChI is InChI=1S/C24H44O/c1-3-20-17-23(21-10-6-18(2)7-11-21)14-15-24(20)22-12-8-19(9-13-22)5-4-16-25/h18-25H,3-17H2,1-2H3. The summed E-state index contributed by atoms with van der Waals surface area (Å²) in [5.74, 6) is 7.15. The summed E-state index contributed by atoms with van der Waals surface area (Å²) in [6.07, 6.45) is 20.3. The van der Waals surface area contributed by atoms with E-state index in [0.29, 0.717) is 6.61 Å². The monoisotopic (exact) mass is 348 g/mol. The average molecular weight is 349 g/mol. The van der Waals surface area contributed by atoms with Crippen molar-refractivity contribution in [1.29, 1.82) is 0 Å². The van der Waals surface area contributed by atoms with Gasteiger partial charge in [0.2, 0.25) is 0 Å². The number of rotatable bonds is 6. The number of aliphatic hydroxyl groups excluding tert-OH is 1. The van der Waals surface area contributed by atoms with E-state index in [1.165, 1.54) is 64.2 Å². The Morgan fingerprint density at radius 3 is 2.04 bits per heavy atom. The second kappa shape index (κ2) is 9.77. The Balaban J connectivity index is 1.47. The van der Waals surface area contributed by atoms with Gasteiger partial charge >= 0.3 is 0 Å². The Morgan fingerprint density at radius 2 is 1.40 bits per heavy atom. The molecule has 3 atom stereocenters. The molecule has 3 aliphatic rings. The highest BCUT2D eigenvalue weighted by Crippen LogP contribution is 2.49. The van der Waals surface area contributed by atoms with Crippen LogP contribution in [-0.2, 0) is 0 Å². The first kappa shape index (κ1) is 19.7.